The van der Waals surface area contributed by atoms with Gasteiger partial charge in [-0.05, 0) is 58.2 Å². The molecule has 2 aromatic carbocycles. The second-order valence-corrected chi connectivity index (χ2v) is 9.85. The van der Waals surface area contributed by atoms with Crippen LogP contribution in [0, 0.1) is 0 Å². The number of benzene rings is 2. The Morgan fingerprint density at radius 2 is 1.82 bits per heavy atom. The van der Waals surface area contributed by atoms with E-state index in [2.05, 4.69) is 33.8 Å². The Morgan fingerprint density at radius 3 is 2.62 bits per heavy atom. The van der Waals surface area contributed by atoms with Gasteiger partial charge < -0.3 is 24.5 Å². The molecule has 2 aliphatic heterocycles. The number of anilines is 2. The summed E-state index contributed by atoms with van der Waals surface area (Å²) in [6.07, 6.45) is 4.56. The highest BCUT2D eigenvalue weighted by atomic mass is 16.5. The fraction of sp³-hybridized carbons (Fsp3) is 0.481. The fourth-order valence-electron chi connectivity index (χ4n) is 5.28. The number of likely N-dealkylation sites (N-methyl/N-ethyl adjacent to an activating group) is 1. The van der Waals surface area contributed by atoms with Gasteiger partial charge in [-0.15, -0.1) is 0 Å². The van der Waals surface area contributed by atoms with E-state index in [-0.39, 0.29) is 11.9 Å². The maximum Gasteiger partial charge on any atom is 0.318 e. The van der Waals surface area contributed by atoms with Gasteiger partial charge in [-0.2, -0.15) is 9.97 Å². The number of phenolic OH excluding ortho intramolecular Hbond substituents is 1. The summed E-state index contributed by atoms with van der Waals surface area (Å²) < 4.78 is 6.20. The molecule has 2 aliphatic rings. The van der Waals surface area contributed by atoms with E-state index in [1.165, 1.54) is 24.8 Å². The van der Waals surface area contributed by atoms with Crippen molar-refractivity contribution in [1.82, 2.24) is 14.9 Å². The van der Waals surface area contributed by atoms with E-state index >= 15 is 0 Å². The molecule has 0 aliphatic carbocycles. The SMILES string of the molecule is C[C@H](CN(C)C)Oc1nc2c(c(N3CCCCC3)n1)CCN(c1cc(O)cc3ccccc13)C2. The van der Waals surface area contributed by atoms with Crippen LogP contribution >= 0.6 is 0 Å². The summed E-state index contributed by atoms with van der Waals surface area (Å²) in [6, 6.07) is 12.4. The summed E-state index contributed by atoms with van der Waals surface area (Å²) in [7, 11) is 4.09. The second kappa shape index (κ2) is 9.66. The van der Waals surface area contributed by atoms with Crippen molar-refractivity contribution in [3.05, 3.63) is 47.7 Å². The summed E-state index contributed by atoms with van der Waals surface area (Å²) in [4.78, 5) is 16.7. The molecule has 1 atom stereocenters. The minimum atomic E-state index is -0.00281. The normalized spacial score (nSPS) is 17.2. The molecule has 7 heteroatoms. The van der Waals surface area contributed by atoms with Crippen LogP contribution in [0.4, 0.5) is 11.5 Å². The average Bonchev–Trinajstić information content (AvgIpc) is 2.82. The van der Waals surface area contributed by atoms with Crippen molar-refractivity contribution in [3.63, 3.8) is 0 Å². The predicted octanol–water partition coefficient (Wildman–Crippen LogP) is 4.22. The smallest absolute Gasteiger partial charge is 0.318 e. The van der Waals surface area contributed by atoms with Gasteiger partial charge in [-0.1, -0.05) is 24.3 Å². The number of piperidine rings is 1. The van der Waals surface area contributed by atoms with Gasteiger partial charge >= 0.3 is 6.01 Å². The first kappa shape index (κ1) is 22.7. The Labute approximate surface area is 202 Å². The highest BCUT2D eigenvalue weighted by molar-refractivity contribution is 5.95. The van der Waals surface area contributed by atoms with Crippen LogP contribution in [0.1, 0.15) is 37.4 Å². The van der Waals surface area contributed by atoms with Crippen LogP contribution in [-0.4, -0.2) is 66.4 Å². The van der Waals surface area contributed by atoms with Gasteiger partial charge in [0.1, 0.15) is 17.7 Å². The van der Waals surface area contributed by atoms with Gasteiger partial charge in [0.25, 0.3) is 0 Å². The maximum atomic E-state index is 10.4. The van der Waals surface area contributed by atoms with Gasteiger partial charge in [0.05, 0.1) is 12.2 Å². The summed E-state index contributed by atoms with van der Waals surface area (Å²) in [5.41, 5.74) is 3.32. The molecule has 0 bridgehead atoms. The Kier molecular flexibility index (Phi) is 6.46. The molecular weight excluding hydrogens is 426 g/mol. The second-order valence-electron chi connectivity index (χ2n) is 9.85. The van der Waals surface area contributed by atoms with Crippen molar-refractivity contribution in [2.45, 2.75) is 45.3 Å². The van der Waals surface area contributed by atoms with Crippen molar-refractivity contribution < 1.29 is 9.84 Å². The third kappa shape index (κ3) is 4.75. The van der Waals surface area contributed by atoms with Crippen molar-refractivity contribution in [1.29, 1.82) is 0 Å². The molecule has 180 valence electrons. The molecular formula is C27H35N5O2. The van der Waals surface area contributed by atoms with Gasteiger partial charge in [0.2, 0.25) is 0 Å². The first-order valence-corrected chi connectivity index (χ1v) is 12.4. The highest BCUT2D eigenvalue weighted by Gasteiger charge is 2.27. The highest BCUT2D eigenvalue weighted by Crippen LogP contribution is 2.36. The van der Waals surface area contributed by atoms with Crippen molar-refractivity contribution >= 4 is 22.3 Å². The molecule has 34 heavy (non-hydrogen) atoms. The number of phenols is 1. The van der Waals surface area contributed by atoms with Crippen LogP contribution < -0.4 is 14.5 Å². The lowest BCUT2D eigenvalue weighted by molar-refractivity contribution is 0.163. The third-order valence-electron chi connectivity index (χ3n) is 6.77. The zero-order valence-corrected chi connectivity index (χ0v) is 20.5. The topological polar surface area (TPSA) is 65.0 Å². The molecule has 3 aromatic rings. The number of ether oxygens (including phenoxy) is 1. The molecule has 5 rings (SSSR count). The van der Waals surface area contributed by atoms with Gasteiger partial charge in [0.15, 0.2) is 0 Å². The summed E-state index contributed by atoms with van der Waals surface area (Å²) >= 11 is 0. The standard InChI is InChI=1S/C27H35N5O2/c1-19(17-30(2)3)34-27-28-24-18-32(25-16-21(33)15-20-9-5-6-10-22(20)25)14-11-23(24)26(29-27)31-12-7-4-8-13-31/h5-6,9-10,15-16,19,33H,4,7-8,11-14,17-18H2,1-3H3/t19-/m1/s1. The number of aromatic hydroxyl groups is 1. The largest absolute Gasteiger partial charge is 0.508 e. The zero-order chi connectivity index (χ0) is 23.7. The van der Waals surface area contributed by atoms with Crippen molar-refractivity contribution in [3.8, 4) is 11.8 Å². The number of hydrogen-bond donors (Lipinski definition) is 1. The molecule has 1 aromatic heterocycles. The minimum absolute atomic E-state index is 0.00281. The van der Waals surface area contributed by atoms with E-state index in [4.69, 9.17) is 14.7 Å². The molecule has 0 radical (unpaired) electrons. The van der Waals surface area contributed by atoms with E-state index in [1.54, 1.807) is 0 Å². The van der Waals surface area contributed by atoms with Gasteiger partial charge in [-0.25, -0.2) is 0 Å². The van der Waals surface area contributed by atoms with E-state index in [0.717, 1.165) is 60.6 Å². The van der Waals surface area contributed by atoms with E-state index in [1.807, 2.05) is 38.4 Å². The first-order valence-electron chi connectivity index (χ1n) is 12.4. The van der Waals surface area contributed by atoms with Crippen LogP contribution in [0.15, 0.2) is 36.4 Å². The molecule has 7 nitrogen and oxygen atoms in total. The van der Waals surface area contributed by atoms with Crippen molar-refractivity contribution in [2.75, 3.05) is 50.1 Å². The van der Waals surface area contributed by atoms with Gasteiger partial charge in [-0.3, -0.25) is 0 Å². The Bertz CT molecular complexity index is 1160. The molecule has 0 amide bonds. The van der Waals surface area contributed by atoms with Crippen molar-refractivity contribution in [2.24, 2.45) is 0 Å². The number of fused-ring (bicyclic) bond motifs is 2. The maximum absolute atomic E-state index is 10.4. The molecule has 0 spiro atoms. The number of aromatic nitrogens is 2. The van der Waals surface area contributed by atoms with Crippen LogP contribution in [0.2, 0.25) is 0 Å². The predicted molar refractivity (Wildman–Crippen MR) is 137 cm³/mol. The molecule has 1 fully saturated rings. The Morgan fingerprint density at radius 1 is 1.03 bits per heavy atom. The van der Waals surface area contributed by atoms with Crippen LogP contribution in [0.5, 0.6) is 11.8 Å². The molecule has 0 saturated carbocycles. The lowest BCUT2D eigenvalue weighted by Gasteiger charge is -2.35. The van der Waals surface area contributed by atoms with E-state index in [0.29, 0.717) is 12.6 Å². The summed E-state index contributed by atoms with van der Waals surface area (Å²) in [5.74, 6) is 1.34. The molecule has 1 saturated heterocycles. The number of rotatable bonds is 6. The Balaban J connectivity index is 1.51. The quantitative estimate of drug-likeness (QED) is 0.590. The van der Waals surface area contributed by atoms with Crippen LogP contribution in [0.25, 0.3) is 10.8 Å². The van der Waals surface area contributed by atoms with E-state index < -0.39 is 0 Å². The zero-order valence-electron chi connectivity index (χ0n) is 20.5. The van der Waals surface area contributed by atoms with Gasteiger partial charge in [0, 0.05) is 48.9 Å². The fourth-order valence-corrected chi connectivity index (χ4v) is 5.28. The summed E-state index contributed by atoms with van der Waals surface area (Å²) in [6.45, 7) is 6.48. The number of hydrogen-bond acceptors (Lipinski definition) is 7. The number of nitrogens with zero attached hydrogens (tertiary/aromatic N) is 5. The molecule has 3 heterocycles. The molecule has 0 unspecified atom stereocenters. The Hall–Kier alpha value is -3.06. The lowest BCUT2D eigenvalue weighted by Crippen LogP contribution is -2.36. The van der Waals surface area contributed by atoms with Crippen LogP contribution in [-0.2, 0) is 13.0 Å². The van der Waals surface area contributed by atoms with Crippen LogP contribution in [0.3, 0.4) is 0 Å². The molecule has 1 N–H and O–H groups in total. The average molecular weight is 462 g/mol. The third-order valence-corrected chi connectivity index (χ3v) is 6.77. The first-order chi connectivity index (χ1) is 16.5. The monoisotopic (exact) mass is 461 g/mol. The lowest BCUT2D eigenvalue weighted by atomic mass is 10.0. The minimum Gasteiger partial charge on any atom is -0.508 e. The summed E-state index contributed by atoms with van der Waals surface area (Å²) in [5, 5.41) is 12.6. The van der Waals surface area contributed by atoms with E-state index in [9.17, 15) is 5.11 Å².